The highest BCUT2D eigenvalue weighted by Gasteiger charge is 2.22. The van der Waals surface area contributed by atoms with Gasteiger partial charge in [-0.2, -0.15) is 4.31 Å². The highest BCUT2D eigenvalue weighted by molar-refractivity contribution is 7.89. The SMILES string of the molecule is CCN(CC)S(=O)(=O)c1ccc(C(=O)OCC(=O)Nc2cc(OC)ccc2OC)cc1. The van der Waals surface area contributed by atoms with Crippen molar-refractivity contribution in [2.24, 2.45) is 0 Å². The third kappa shape index (κ3) is 5.96. The number of anilines is 1. The van der Waals surface area contributed by atoms with Crippen LogP contribution in [0.4, 0.5) is 5.69 Å². The van der Waals surface area contributed by atoms with Crippen molar-refractivity contribution in [1.29, 1.82) is 0 Å². The molecule has 2 rings (SSSR count). The normalized spacial score (nSPS) is 11.1. The van der Waals surface area contributed by atoms with Crippen LogP contribution in [0.5, 0.6) is 11.5 Å². The first-order valence-corrected chi connectivity index (χ1v) is 11.0. The number of benzene rings is 2. The molecule has 0 fully saturated rings. The Morgan fingerprint density at radius 2 is 1.61 bits per heavy atom. The first kappa shape index (κ1) is 24.2. The number of nitrogens with one attached hydrogen (secondary N) is 1. The second-order valence-electron chi connectivity index (χ2n) is 6.30. The van der Waals surface area contributed by atoms with Gasteiger partial charge in [-0.15, -0.1) is 0 Å². The van der Waals surface area contributed by atoms with Crippen molar-refractivity contribution >= 4 is 27.6 Å². The van der Waals surface area contributed by atoms with E-state index < -0.39 is 28.5 Å². The molecule has 0 radical (unpaired) electrons. The van der Waals surface area contributed by atoms with Crippen LogP contribution in [0, 0.1) is 0 Å². The largest absolute Gasteiger partial charge is 0.497 e. The van der Waals surface area contributed by atoms with Crippen molar-refractivity contribution in [3.05, 3.63) is 48.0 Å². The molecule has 2 aromatic rings. The van der Waals surface area contributed by atoms with Crippen molar-refractivity contribution < 1.29 is 32.2 Å². The van der Waals surface area contributed by atoms with E-state index >= 15 is 0 Å². The lowest BCUT2D eigenvalue weighted by molar-refractivity contribution is -0.119. The number of rotatable bonds is 10. The number of esters is 1. The summed E-state index contributed by atoms with van der Waals surface area (Å²) in [5, 5.41) is 2.59. The number of nitrogens with zero attached hydrogens (tertiary/aromatic N) is 1. The summed E-state index contributed by atoms with van der Waals surface area (Å²) in [5.41, 5.74) is 0.499. The van der Waals surface area contributed by atoms with Crippen molar-refractivity contribution in [2.45, 2.75) is 18.7 Å². The average Bonchev–Trinajstić information content (AvgIpc) is 2.78. The standard InChI is InChI=1S/C21H26N2O7S/c1-5-23(6-2)31(26,27)17-10-7-15(8-11-17)21(25)30-14-20(24)22-18-13-16(28-3)9-12-19(18)29-4/h7-13H,5-6,14H2,1-4H3,(H,22,24). The lowest BCUT2D eigenvalue weighted by Crippen LogP contribution is -2.30. The molecule has 0 aliphatic carbocycles. The Morgan fingerprint density at radius 1 is 0.968 bits per heavy atom. The highest BCUT2D eigenvalue weighted by atomic mass is 32.2. The molecule has 0 saturated heterocycles. The molecule has 0 atom stereocenters. The fourth-order valence-electron chi connectivity index (χ4n) is 2.79. The van der Waals surface area contributed by atoms with Gasteiger partial charge in [0.05, 0.1) is 30.4 Å². The second-order valence-corrected chi connectivity index (χ2v) is 8.24. The van der Waals surface area contributed by atoms with Gasteiger partial charge in [-0.3, -0.25) is 4.79 Å². The molecule has 0 spiro atoms. The molecular formula is C21H26N2O7S. The lowest BCUT2D eigenvalue weighted by atomic mass is 10.2. The van der Waals surface area contributed by atoms with Crippen LogP contribution in [0.3, 0.4) is 0 Å². The molecule has 168 valence electrons. The van der Waals surface area contributed by atoms with Crippen LogP contribution in [0.15, 0.2) is 47.4 Å². The van der Waals surface area contributed by atoms with E-state index in [-0.39, 0.29) is 10.5 Å². The van der Waals surface area contributed by atoms with Gasteiger partial charge in [-0.25, -0.2) is 13.2 Å². The van der Waals surface area contributed by atoms with Gasteiger partial charge in [-0.05, 0) is 36.4 Å². The monoisotopic (exact) mass is 450 g/mol. The third-order valence-corrected chi connectivity index (χ3v) is 6.51. The van der Waals surface area contributed by atoms with Crippen LogP contribution in [0.2, 0.25) is 0 Å². The van der Waals surface area contributed by atoms with Crippen LogP contribution >= 0.6 is 0 Å². The maximum absolute atomic E-state index is 12.5. The number of amides is 1. The molecule has 0 aromatic heterocycles. The summed E-state index contributed by atoms with van der Waals surface area (Å²) in [7, 11) is -0.668. The zero-order valence-electron chi connectivity index (χ0n) is 17.9. The number of hydrogen-bond donors (Lipinski definition) is 1. The summed E-state index contributed by atoms with van der Waals surface area (Å²) in [4.78, 5) is 24.5. The van der Waals surface area contributed by atoms with Gasteiger partial charge < -0.3 is 19.5 Å². The number of carbonyl (C=O) groups excluding carboxylic acids is 2. The van der Waals surface area contributed by atoms with Crippen LogP contribution in [0.1, 0.15) is 24.2 Å². The number of sulfonamides is 1. The third-order valence-electron chi connectivity index (χ3n) is 4.45. The number of carbonyl (C=O) groups is 2. The van der Waals surface area contributed by atoms with Crippen LogP contribution in [-0.4, -0.2) is 58.5 Å². The van der Waals surface area contributed by atoms with Crippen molar-refractivity contribution in [3.8, 4) is 11.5 Å². The van der Waals surface area contributed by atoms with Crippen molar-refractivity contribution in [3.63, 3.8) is 0 Å². The van der Waals surface area contributed by atoms with Gasteiger partial charge in [-0.1, -0.05) is 13.8 Å². The fraction of sp³-hybridized carbons (Fsp3) is 0.333. The molecule has 0 aliphatic rings. The Kier molecular flexibility index (Phi) is 8.40. The van der Waals surface area contributed by atoms with Gasteiger partial charge in [0.2, 0.25) is 10.0 Å². The Balaban J connectivity index is 2.01. The Hall–Kier alpha value is -3.11. The first-order valence-electron chi connectivity index (χ1n) is 9.56. The zero-order chi connectivity index (χ0) is 23.0. The summed E-state index contributed by atoms with van der Waals surface area (Å²) in [5.74, 6) is -0.376. The minimum atomic E-state index is -3.62. The van der Waals surface area contributed by atoms with Gasteiger partial charge in [0.1, 0.15) is 11.5 Å². The Bertz CT molecular complexity index is 1020. The summed E-state index contributed by atoms with van der Waals surface area (Å²) in [6, 6.07) is 10.3. The minimum absolute atomic E-state index is 0.0793. The molecule has 1 N–H and O–H groups in total. The average molecular weight is 451 g/mol. The number of hydrogen-bond acceptors (Lipinski definition) is 7. The highest BCUT2D eigenvalue weighted by Crippen LogP contribution is 2.28. The molecule has 0 unspecified atom stereocenters. The topological polar surface area (TPSA) is 111 Å². The minimum Gasteiger partial charge on any atom is -0.497 e. The van der Waals surface area contributed by atoms with E-state index in [0.717, 1.165) is 0 Å². The Morgan fingerprint density at radius 3 is 2.16 bits per heavy atom. The predicted octanol–water partition coefficient (Wildman–Crippen LogP) is 2.53. The van der Waals surface area contributed by atoms with Crippen LogP contribution in [0.25, 0.3) is 0 Å². The van der Waals surface area contributed by atoms with Gasteiger partial charge in [0.25, 0.3) is 5.91 Å². The van der Waals surface area contributed by atoms with E-state index in [1.165, 1.54) is 42.8 Å². The first-order chi connectivity index (χ1) is 14.8. The van der Waals surface area contributed by atoms with Crippen molar-refractivity contribution in [2.75, 3.05) is 39.2 Å². The van der Waals surface area contributed by atoms with E-state index in [1.807, 2.05) is 0 Å². The second kappa shape index (κ2) is 10.8. The zero-order valence-corrected chi connectivity index (χ0v) is 18.7. The van der Waals surface area contributed by atoms with Gasteiger partial charge in [0.15, 0.2) is 6.61 Å². The fourth-order valence-corrected chi connectivity index (χ4v) is 4.25. The molecule has 0 bridgehead atoms. The maximum atomic E-state index is 12.5. The molecule has 10 heteroatoms. The van der Waals surface area contributed by atoms with E-state index in [0.29, 0.717) is 30.3 Å². The van der Waals surface area contributed by atoms with Gasteiger partial charge in [0, 0.05) is 19.2 Å². The summed E-state index contributed by atoms with van der Waals surface area (Å²) in [6.07, 6.45) is 0. The Labute approximate surface area is 182 Å². The number of ether oxygens (including phenoxy) is 3. The molecule has 0 saturated carbocycles. The van der Waals surface area contributed by atoms with Crippen LogP contribution < -0.4 is 14.8 Å². The quantitative estimate of drug-likeness (QED) is 0.554. The van der Waals surface area contributed by atoms with Crippen molar-refractivity contribution in [1.82, 2.24) is 4.31 Å². The van der Waals surface area contributed by atoms with Gasteiger partial charge >= 0.3 is 5.97 Å². The number of methoxy groups -OCH3 is 2. The lowest BCUT2D eigenvalue weighted by Gasteiger charge is -2.18. The summed E-state index contributed by atoms with van der Waals surface area (Å²) in [6.45, 7) is 3.65. The molecule has 9 nitrogen and oxygen atoms in total. The molecular weight excluding hydrogens is 424 g/mol. The van der Waals surface area contributed by atoms with E-state index in [2.05, 4.69) is 5.32 Å². The molecule has 1 amide bonds. The van der Waals surface area contributed by atoms with E-state index in [4.69, 9.17) is 14.2 Å². The summed E-state index contributed by atoms with van der Waals surface area (Å²) >= 11 is 0. The smallest absolute Gasteiger partial charge is 0.338 e. The van der Waals surface area contributed by atoms with E-state index in [9.17, 15) is 18.0 Å². The molecule has 0 heterocycles. The summed E-state index contributed by atoms with van der Waals surface area (Å²) < 4.78 is 41.6. The molecule has 31 heavy (non-hydrogen) atoms. The van der Waals surface area contributed by atoms with E-state index in [1.54, 1.807) is 32.0 Å². The maximum Gasteiger partial charge on any atom is 0.338 e. The van der Waals surface area contributed by atoms with Crippen LogP contribution in [-0.2, 0) is 19.6 Å². The predicted molar refractivity (Wildman–Crippen MR) is 115 cm³/mol. The molecule has 2 aromatic carbocycles. The molecule has 0 aliphatic heterocycles.